The molecule has 23 heavy (non-hydrogen) atoms. The molecule has 1 saturated heterocycles. The first-order valence-corrected chi connectivity index (χ1v) is 7.57. The van der Waals surface area contributed by atoms with Crippen molar-refractivity contribution in [2.24, 2.45) is 0 Å². The van der Waals surface area contributed by atoms with Crippen LogP contribution in [0.25, 0.3) is 0 Å². The van der Waals surface area contributed by atoms with E-state index < -0.39 is 0 Å². The third kappa shape index (κ3) is 3.46. The molecule has 1 aliphatic heterocycles. The Balaban J connectivity index is 1.62. The first kappa shape index (κ1) is 15.0. The number of hydrogen-bond donors (Lipinski definition) is 1. The Kier molecular flexibility index (Phi) is 4.48. The standard InChI is InChI=1S/C17H17N5O/c18-10-13-3-5-14(6-4-13)20-11-17(23)22-9-1-2-16(22)15-7-8-19-12-21-15/h3-8,12,16,20H,1-2,9,11H2. The quantitative estimate of drug-likeness (QED) is 0.935. The van der Waals surface area contributed by atoms with Gasteiger partial charge < -0.3 is 10.2 Å². The van der Waals surface area contributed by atoms with Crippen LogP contribution in [0.5, 0.6) is 0 Å². The number of nitriles is 1. The molecule has 0 radical (unpaired) electrons. The van der Waals surface area contributed by atoms with Crippen molar-refractivity contribution < 1.29 is 4.79 Å². The summed E-state index contributed by atoms with van der Waals surface area (Å²) in [6.45, 7) is 0.982. The number of benzene rings is 1. The molecule has 0 spiro atoms. The minimum atomic E-state index is 0.0354. The van der Waals surface area contributed by atoms with Gasteiger partial charge in [-0.05, 0) is 43.2 Å². The van der Waals surface area contributed by atoms with E-state index in [2.05, 4.69) is 21.4 Å². The van der Waals surface area contributed by atoms with Crippen LogP contribution in [-0.4, -0.2) is 33.9 Å². The Bertz CT molecular complexity index is 708. The molecule has 1 aromatic carbocycles. The van der Waals surface area contributed by atoms with E-state index in [1.54, 1.807) is 30.5 Å². The summed E-state index contributed by atoms with van der Waals surface area (Å²) in [6.07, 6.45) is 5.14. The largest absolute Gasteiger partial charge is 0.376 e. The number of nitrogens with one attached hydrogen (secondary N) is 1. The zero-order valence-corrected chi connectivity index (χ0v) is 12.6. The molecular formula is C17H17N5O. The van der Waals surface area contributed by atoms with Crippen molar-refractivity contribution in [3.05, 3.63) is 54.1 Å². The van der Waals surface area contributed by atoms with E-state index in [1.165, 1.54) is 6.33 Å². The highest BCUT2D eigenvalue weighted by Crippen LogP contribution is 2.30. The van der Waals surface area contributed by atoms with Gasteiger partial charge in [-0.15, -0.1) is 0 Å². The summed E-state index contributed by atoms with van der Waals surface area (Å²) in [5, 5.41) is 11.9. The second-order valence-corrected chi connectivity index (χ2v) is 5.42. The molecule has 1 amide bonds. The summed E-state index contributed by atoms with van der Waals surface area (Å²) in [4.78, 5) is 22.6. The molecule has 0 saturated carbocycles. The number of nitrogens with zero attached hydrogens (tertiary/aromatic N) is 4. The van der Waals surface area contributed by atoms with Crippen LogP contribution in [0, 0.1) is 11.3 Å². The highest BCUT2D eigenvalue weighted by Gasteiger charge is 2.30. The van der Waals surface area contributed by atoms with Crippen LogP contribution in [0.4, 0.5) is 5.69 Å². The predicted octanol–water partition coefficient (Wildman–Crippen LogP) is 2.12. The number of carbonyl (C=O) groups excluding carboxylic acids is 1. The SMILES string of the molecule is N#Cc1ccc(NCC(=O)N2CCCC2c2ccncn2)cc1. The lowest BCUT2D eigenvalue weighted by atomic mass is 10.1. The van der Waals surface area contributed by atoms with E-state index in [-0.39, 0.29) is 18.5 Å². The summed E-state index contributed by atoms with van der Waals surface area (Å²) in [5.41, 5.74) is 2.32. The summed E-state index contributed by atoms with van der Waals surface area (Å²) in [7, 11) is 0. The molecule has 6 heteroatoms. The summed E-state index contributed by atoms with van der Waals surface area (Å²) < 4.78 is 0. The number of anilines is 1. The fourth-order valence-electron chi connectivity index (χ4n) is 2.81. The van der Waals surface area contributed by atoms with Crippen molar-refractivity contribution in [1.82, 2.24) is 14.9 Å². The topological polar surface area (TPSA) is 81.9 Å². The number of carbonyl (C=O) groups is 1. The van der Waals surface area contributed by atoms with Crippen molar-refractivity contribution in [2.75, 3.05) is 18.4 Å². The molecule has 2 aromatic rings. The number of rotatable bonds is 4. The van der Waals surface area contributed by atoms with Gasteiger partial charge in [0.05, 0.1) is 29.9 Å². The van der Waals surface area contributed by atoms with E-state index in [4.69, 9.17) is 5.26 Å². The highest BCUT2D eigenvalue weighted by molar-refractivity contribution is 5.81. The molecule has 0 bridgehead atoms. The van der Waals surface area contributed by atoms with Crippen LogP contribution in [-0.2, 0) is 4.79 Å². The van der Waals surface area contributed by atoms with Gasteiger partial charge in [-0.1, -0.05) is 0 Å². The smallest absolute Gasteiger partial charge is 0.242 e. The lowest BCUT2D eigenvalue weighted by molar-refractivity contribution is -0.130. The maximum Gasteiger partial charge on any atom is 0.242 e. The monoisotopic (exact) mass is 307 g/mol. The Morgan fingerprint density at radius 2 is 2.17 bits per heavy atom. The lowest BCUT2D eigenvalue weighted by Crippen LogP contribution is -2.35. The molecule has 1 aromatic heterocycles. The highest BCUT2D eigenvalue weighted by atomic mass is 16.2. The Morgan fingerprint density at radius 1 is 1.35 bits per heavy atom. The molecule has 1 N–H and O–H groups in total. The van der Waals surface area contributed by atoms with Crippen LogP contribution < -0.4 is 5.32 Å². The molecule has 1 unspecified atom stereocenters. The Hall–Kier alpha value is -2.94. The molecule has 3 rings (SSSR count). The van der Waals surface area contributed by atoms with E-state index in [9.17, 15) is 4.79 Å². The molecule has 2 heterocycles. The summed E-state index contributed by atoms with van der Waals surface area (Å²) in [5.74, 6) is 0.0514. The second-order valence-electron chi connectivity index (χ2n) is 5.42. The van der Waals surface area contributed by atoms with E-state index in [1.807, 2.05) is 11.0 Å². The van der Waals surface area contributed by atoms with Crippen LogP contribution in [0.2, 0.25) is 0 Å². The molecule has 1 aliphatic rings. The normalized spacial score (nSPS) is 16.8. The zero-order chi connectivity index (χ0) is 16.1. The fraction of sp³-hybridized carbons (Fsp3) is 0.294. The van der Waals surface area contributed by atoms with Crippen molar-refractivity contribution in [2.45, 2.75) is 18.9 Å². The van der Waals surface area contributed by atoms with Crippen LogP contribution in [0.15, 0.2) is 42.9 Å². The summed E-state index contributed by atoms with van der Waals surface area (Å²) in [6, 6.07) is 11.0. The number of likely N-dealkylation sites (tertiary alicyclic amines) is 1. The number of amides is 1. The Morgan fingerprint density at radius 3 is 2.87 bits per heavy atom. The minimum Gasteiger partial charge on any atom is -0.376 e. The van der Waals surface area contributed by atoms with E-state index in [0.717, 1.165) is 30.8 Å². The Labute approximate surface area is 134 Å². The first-order chi connectivity index (χ1) is 11.3. The molecule has 0 aliphatic carbocycles. The van der Waals surface area contributed by atoms with Crippen molar-refractivity contribution >= 4 is 11.6 Å². The molecule has 6 nitrogen and oxygen atoms in total. The van der Waals surface area contributed by atoms with Gasteiger partial charge in [-0.3, -0.25) is 4.79 Å². The van der Waals surface area contributed by atoms with Crippen molar-refractivity contribution in [3.8, 4) is 6.07 Å². The maximum atomic E-state index is 12.5. The van der Waals surface area contributed by atoms with Gasteiger partial charge in [-0.2, -0.15) is 5.26 Å². The van der Waals surface area contributed by atoms with Crippen LogP contribution in [0.1, 0.15) is 30.1 Å². The van der Waals surface area contributed by atoms with Gasteiger partial charge in [0.25, 0.3) is 0 Å². The molecule has 1 fully saturated rings. The fourth-order valence-corrected chi connectivity index (χ4v) is 2.81. The molecule has 116 valence electrons. The van der Waals surface area contributed by atoms with E-state index >= 15 is 0 Å². The summed E-state index contributed by atoms with van der Waals surface area (Å²) >= 11 is 0. The zero-order valence-electron chi connectivity index (χ0n) is 12.6. The number of hydrogen-bond acceptors (Lipinski definition) is 5. The lowest BCUT2D eigenvalue weighted by Gasteiger charge is -2.24. The number of aromatic nitrogens is 2. The predicted molar refractivity (Wildman–Crippen MR) is 85.4 cm³/mol. The molecule has 1 atom stereocenters. The van der Waals surface area contributed by atoms with Gasteiger partial charge in [0.2, 0.25) is 5.91 Å². The van der Waals surface area contributed by atoms with Gasteiger partial charge in [0, 0.05) is 18.4 Å². The van der Waals surface area contributed by atoms with Gasteiger partial charge in [-0.25, -0.2) is 9.97 Å². The third-order valence-corrected chi connectivity index (χ3v) is 3.98. The van der Waals surface area contributed by atoms with E-state index in [0.29, 0.717) is 5.56 Å². The van der Waals surface area contributed by atoms with Gasteiger partial charge >= 0.3 is 0 Å². The van der Waals surface area contributed by atoms with Crippen molar-refractivity contribution in [3.63, 3.8) is 0 Å². The minimum absolute atomic E-state index is 0.0354. The average Bonchev–Trinajstić information content (AvgIpc) is 3.11. The van der Waals surface area contributed by atoms with Gasteiger partial charge in [0.1, 0.15) is 6.33 Å². The average molecular weight is 307 g/mol. The van der Waals surface area contributed by atoms with Gasteiger partial charge in [0.15, 0.2) is 0 Å². The van der Waals surface area contributed by atoms with Crippen molar-refractivity contribution in [1.29, 1.82) is 5.26 Å². The second kappa shape index (κ2) is 6.88. The third-order valence-electron chi connectivity index (χ3n) is 3.98. The van der Waals surface area contributed by atoms with Crippen LogP contribution >= 0.6 is 0 Å². The molecular weight excluding hydrogens is 290 g/mol. The first-order valence-electron chi connectivity index (χ1n) is 7.57. The van der Waals surface area contributed by atoms with Crippen LogP contribution in [0.3, 0.4) is 0 Å². The maximum absolute atomic E-state index is 12.5.